The molecule has 0 saturated heterocycles. The smallest absolute Gasteiger partial charge is 0.133 e. The summed E-state index contributed by atoms with van der Waals surface area (Å²) in [6, 6.07) is 11.9. The van der Waals surface area contributed by atoms with E-state index in [1.165, 1.54) is 12.8 Å². The van der Waals surface area contributed by atoms with Crippen LogP contribution < -0.4 is 4.74 Å². The van der Waals surface area contributed by atoms with Crippen LogP contribution in [-0.4, -0.2) is 6.61 Å². The third-order valence-corrected chi connectivity index (χ3v) is 2.68. The second-order valence-corrected chi connectivity index (χ2v) is 4.06. The van der Waals surface area contributed by atoms with E-state index in [2.05, 4.69) is 6.92 Å². The van der Waals surface area contributed by atoms with Crippen LogP contribution in [-0.2, 0) is 0 Å². The maximum atomic E-state index is 5.65. The van der Waals surface area contributed by atoms with E-state index in [-0.39, 0.29) is 0 Å². The Hall–Kier alpha value is -1.70. The number of unbranched alkanes of at least 4 members (excludes halogenated alkanes) is 2. The van der Waals surface area contributed by atoms with E-state index in [9.17, 15) is 0 Å². The molecule has 0 bridgehead atoms. The van der Waals surface area contributed by atoms with Crippen molar-refractivity contribution in [2.75, 3.05) is 6.61 Å². The van der Waals surface area contributed by atoms with Crippen molar-refractivity contribution in [1.29, 1.82) is 0 Å². The molecule has 0 amide bonds. The number of rotatable bonds is 6. The Labute approximate surface area is 102 Å². The van der Waals surface area contributed by atoms with Gasteiger partial charge in [0.05, 0.1) is 12.9 Å². The number of benzene rings is 1. The van der Waals surface area contributed by atoms with Gasteiger partial charge in [-0.05, 0) is 42.8 Å². The van der Waals surface area contributed by atoms with Crippen LogP contribution in [0.3, 0.4) is 0 Å². The van der Waals surface area contributed by atoms with Gasteiger partial charge in [-0.1, -0.05) is 19.8 Å². The highest BCUT2D eigenvalue weighted by Gasteiger charge is 2.00. The second kappa shape index (κ2) is 6.14. The Morgan fingerprint density at radius 3 is 2.53 bits per heavy atom. The monoisotopic (exact) mass is 230 g/mol. The van der Waals surface area contributed by atoms with Crippen LogP contribution in [0.5, 0.6) is 5.75 Å². The van der Waals surface area contributed by atoms with Gasteiger partial charge in [-0.15, -0.1) is 0 Å². The van der Waals surface area contributed by atoms with Crippen molar-refractivity contribution in [3.05, 3.63) is 42.7 Å². The predicted molar refractivity (Wildman–Crippen MR) is 69.2 cm³/mol. The van der Waals surface area contributed by atoms with Gasteiger partial charge < -0.3 is 9.15 Å². The van der Waals surface area contributed by atoms with E-state index >= 15 is 0 Å². The molecule has 0 spiro atoms. The topological polar surface area (TPSA) is 22.4 Å². The predicted octanol–water partition coefficient (Wildman–Crippen LogP) is 4.52. The SMILES string of the molecule is CCCCCOc1ccc(-c2ccco2)cc1. The van der Waals surface area contributed by atoms with Gasteiger partial charge in [-0.3, -0.25) is 0 Å². The average Bonchev–Trinajstić information content (AvgIpc) is 2.89. The molecule has 2 nitrogen and oxygen atoms in total. The highest BCUT2D eigenvalue weighted by Crippen LogP contribution is 2.22. The molecule has 0 radical (unpaired) electrons. The van der Waals surface area contributed by atoms with E-state index in [0.29, 0.717) is 0 Å². The molecule has 2 aromatic rings. The van der Waals surface area contributed by atoms with Crippen LogP contribution in [0.1, 0.15) is 26.2 Å². The highest BCUT2D eigenvalue weighted by atomic mass is 16.5. The molecule has 90 valence electrons. The molecule has 1 aromatic heterocycles. The molecule has 17 heavy (non-hydrogen) atoms. The summed E-state index contributed by atoms with van der Waals surface area (Å²) in [6.07, 6.45) is 5.26. The van der Waals surface area contributed by atoms with Crippen molar-refractivity contribution in [1.82, 2.24) is 0 Å². The summed E-state index contributed by atoms with van der Waals surface area (Å²) in [5.41, 5.74) is 1.08. The standard InChI is InChI=1S/C15H18O2/c1-2-3-4-11-16-14-9-7-13(8-10-14)15-6-5-12-17-15/h5-10,12H,2-4,11H2,1H3. The Kier molecular flexibility index (Phi) is 4.25. The van der Waals surface area contributed by atoms with E-state index in [1.807, 2.05) is 36.4 Å². The maximum absolute atomic E-state index is 5.65. The van der Waals surface area contributed by atoms with Crippen molar-refractivity contribution in [3.63, 3.8) is 0 Å². The van der Waals surface area contributed by atoms with Crippen LogP contribution in [0.25, 0.3) is 11.3 Å². The minimum Gasteiger partial charge on any atom is -0.494 e. The van der Waals surface area contributed by atoms with Gasteiger partial charge in [0.1, 0.15) is 11.5 Å². The zero-order chi connectivity index (χ0) is 11.9. The van der Waals surface area contributed by atoms with Gasteiger partial charge in [0, 0.05) is 5.56 Å². The first-order valence-corrected chi connectivity index (χ1v) is 6.17. The van der Waals surface area contributed by atoms with Gasteiger partial charge in [-0.2, -0.15) is 0 Å². The van der Waals surface area contributed by atoms with Crippen molar-refractivity contribution >= 4 is 0 Å². The third-order valence-electron chi connectivity index (χ3n) is 2.68. The lowest BCUT2D eigenvalue weighted by Crippen LogP contribution is -1.96. The van der Waals surface area contributed by atoms with E-state index < -0.39 is 0 Å². The normalized spacial score (nSPS) is 10.4. The summed E-state index contributed by atoms with van der Waals surface area (Å²) in [6.45, 7) is 2.99. The fourth-order valence-corrected chi connectivity index (χ4v) is 1.70. The van der Waals surface area contributed by atoms with Crippen molar-refractivity contribution < 1.29 is 9.15 Å². The molecule has 0 N–H and O–H groups in total. The first-order chi connectivity index (χ1) is 8.40. The summed E-state index contributed by atoms with van der Waals surface area (Å²) in [4.78, 5) is 0. The van der Waals surface area contributed by atoms with Crippen LogP contribution in [0.15, 0.2) is 47.1 Å². The van der Waals surface area contributed by atoms with Crippen LogP contribution in [0.4, 0.5) is 0 Å². The summed E-state index contributed by atoms with van der Waals surface area (Å²) in [5, 5.41) is 0. The molecule has 0 unspecified atom stereocenters. The quantitative estimate of drug-likeness (QED) is 0.681. The Balaban J connectivity index is 1.90. The van der Waals surface area contributed by atoms with Crippen molar-refractivity contribution in [3.8, 4) is 17.1 Å². The lowest BCUT2D eigenvalue weighted by atomic mass is 10.2. The molecule has 0 atom stereocenters. The zero-order valence-corrected chi connectivity index (χ0v) is 10.2. The second-order valence-electron chi connectivity index (χ2n) is 4.06. The summed E-state index contributed by atoms with van der Waals surface area (Å²) >= 11 is 0. The van der Waals surface area contributed by atoms with Crippen molar-refractivity contribution in [2.24, 2.45) is 0 Å². The Bertz CT molecular complexity index is 415. The number of hydrogen-bond donors (Lipinski definition) is 0. The van der Waals surface area contributed by atoms with Gasteiger partial charge in [-0.25, -0.2) is 0 Å². The Morgan fingerprint density at radius 1 is 1.06 bits per heavy atom. The first kappa shape index (κ1) is 11.8. The lowest BCUT2D eigenvalue weighted by molar-refractivity contribution is 0.306. The summed E-state index contributed by atoms with van der Waals surface area (Å²) in [7, 11) is 0. The minimum absolute atomic E-state index is 0.800. The molecule has 0 aliphatic rings. The maximum Gasteiger partial charge on any atom is 0.133 e. The molecule has 0 fully saturated rings. The highest BCUT2D eigenvalue weighted by molar-refractivity contribution is 5.58. The van der Waals surface area contributed by atoms with Crippen LogP contribution in [0, 0.1) is 0 Å². The molecular formula is C15H18O2. The molecular weight excluding hydrogens is 212 g/mol. The van der Waals surface area contributed by atoms with E-state index in [0.717, 1.165) is 30.1 Å². The fourth-order valence-electron chi connectivity index (χ4n) is 1.70. The first-order valence-electron chi connectivity index (χ1n) is 6.17. The van der Waals surface area contributed by atoms with Crippen molar-refractivity contribution in [2.45, 2.75) is 26.2 Å². The summed E-state index contributed by atoms with van der Waals surface area (Å²) < 4.78 is 11.0. The average molecular weight is 230 g/mol. The van der Waals surface area contributed by atoms with Gasteiger partial charge in [0.2, 0.25) is 0 Å². The Morgan fingerprint density at radius 2 is 1.88 bits per heavy atom. The van der Waals surface area contributed by atoms with Crippen LogP contribution in [0.2, 0.25) is 0 Å². The molecule has 1 aromatic carbocycles. The minimum atomic E-state index is 0.800. The van der Waals surface area contributed by atoms with Gasteiger partial charge in [0.15, 0.2) is 0 Å². The van der Waals surface area contributed by atoms with Gasteiger partial charge >= 0.3 is 0 Å². The molecule has 0 aliphatic carbocycles. The van der Waals surface area contributed by atoms with E-state index in [4.69, 9.17) is 9.15 Å². The van der Waals surface area contributed by atoms with Crippen LogP contribution >= 0.6 is 0 Å². The molecule has 2 heteroatoms. The largest absolute Gasteiger partial charge is 0.494 e. The van der Waals surface area contributed by atoms with E-state index in [1.54, 1.807) is 6.26 Å². The molecule has 2 rings (SSSR count). The number of hydrogen-bond acceptors (Lipinski definition) is 2. The van der Waals surface area contributed by atoms with Gasteiger partial charge in [0.25, 0.3) is 0 Å². The molecule has 0 aliphatic heterocycles. The zero-order valence-electron chi connectivity index (χ0n) is 10.2. The summed E-state index contributed by atoms with van der Waals surface area (Å²) in [5.74, 6) is 1.82. The third kappa shape index (κ3) is 3.38. The fraction of sp³-hybridized carbons (Fsp3) is 0.333. The number of furan rings is 1. The number of ether oxygens (including phenoxy) is 1. The molecule has 1 heterocycles. The lowest BCUT2D eigenvalue weighted by Gasteiger charge is -2.05. The molecule has 0 saturated carbocycles.